The van der Waals surface area contributed by atoms with Crippen LogP contribution in [-0.4, -0.2) is 33.6 Å². The molecule has 1 rings (SSSR count). The number of aliphatic hydroxyl groups is 1. The molecule has 1 atom stereocenters. The van der Waals surface area contributed by atoms with Crippen molar-refractivity contribution in [1.29, 1.82) is 0 Å². The Balaban J connectivity index is 2.56. The predicted molar refractivity (Wildman–Crippen MR) is 70.0 cm³/mol. The van der Waals surface area contributed by atoms with Gasteiger partial charge in [-0.15, -0.1) is 0 Å². The van der Waals surface area contributed by atoms with Gasteiger partial charge in [-0.25, -0.2) is 4.79 Å². The van der Waals surface area contributed by atoms with Crippen LogP contribution in [0, 0.1) is 6.92 Å². The van der Waals surface area contributed by atoms with E-state index in [2.05, 4.69) is 15.3 Å². The number of hydrogen-bond donors (Lipinski definition) is 4. The van der Waals surface area contributed by atoms with Crippen molar-refractivity contribution in [3.63, 3.8) is 0 Å². The van der Waals surface area contributed by atoms with Crippen LogP contribution in [0.25, 0.3) is 0 Å². The SMILES string of the molecule is CCC(O)CNC(=O)CCc1c(C)[nH]c(=O)[nH]c1=O. The average Bonchev–Trinajstić information content (AvgIpc) is 2.34. The van der Waals surface area contributed by atoms with Crippen molar-refractivity contribution in [3.8, 4) is 0 Å². The Morgan fingerprint density at radius 1 is 1.37 bits per heavy atom. The molecule has 1 aromatic rings. The summed E-state index contributed by atoms with van der Waals surface area (Å²) in [4.78, 5) is 38.7. The van der Waals surface area contributed by atoms with Crippen LogP contribution in [0.3, 0.4) is 0 Å². The highest BCUT2D eigenvalue weighted by Crippen LogP contribution is 1.99. The summed E-state index contributed by atoms with van der Waals surface area (Å²) in [5.41, 5.74) is -0.162. The smallest absolute Gasteiger partial charge is 0.325 e. The van der Waals surface area contributed by atoms with Crippen molar-refractivity contribution < 1.29 is 9.90 Å². The van der Waals surface area contributed by atoms with E-state index in [-0.39, 0.29) is 25.3 Å². The summed E-state index contributed by atoms with van der Waals surface area (Å²) in [6, 6.07) is 0. The van der Waals surface area contributed by atoms with Crippen molar-refractivity contribution in [2.45, 2.75) is 39.2 Å². The molecule has 0 aliphatic heterocycles. The highest BCUT2D eigenvalue weighted by Gasteiger charge is 2.09. The summed E-state index contributed by atoms with van der Waals surface area (Å²) in [6.45, 7) is 3.64. The Labute approximate surface area is 110 Å². The lowest BCUT2D eigenvalue weighted by Gasteiger charge is -2.09. The molecule has 7 heteroatoms. The van der Waals surface area contributed by atoms with Gasteiger partial charge in [-0.3, -0.25) is 14.6 Å². The number of amides is 1. The van der Waals surface area contributed by atoms with Gasteiger partial charge in [-0.05, 0) is 19.8 Å². The second-order valence-electron chi connectivity index (χ2n) is 4.38. The molecule has 0 spiro atoms. The Morgan fingerprint density at radius 2 is 2.05 bits per heavy atom. The first kappa shape index (κ1) is 15.2. The van der Waals surface area contributed by atoms with Crippen LogP contribution in [0.4, 0.5) is 0 Å². The highest BCUT2D eigenvalue weighted by atomic mass is 16.3. The van der Waals surface area contributed by atoms with E-state index in [1.54, 1.807) is 6.92 Å². The minimum absolute atomic E-state index is 0.131. The van der Waals surface area contributed by atoms with Crippen molar-refractivity contribution in [2.24, 2.45) is 0 Å². The number of aliphatic hydroxyl groups excluding tert-OH is 1. The maximum atomic E-state index is 11.5. The van der Waals surface area contributed by atoms with Crippen molar-refractivity contribution >= 4 is 5.91 Å². The molecule has 0 aromatic carbocycles. The van der Waals surface area contributed by atoms with Gasteiger partial charge in [0.1, 0.15) is 0 Å². The van der Waals surface area contributed by atoms with E-state index in [0.717, 1.165) is 0 Å². The minimum atomic E-state index is -0.554. The molecule has 1 unspecified atom stereocenters. The maximum Gasteiger partial charge on any atom is 0.325 e. The van der Waals surface area contributed by atoms with Crippen LogP contribution in [0.15, 0.2) is 9.59 Å². The summed E-state index contributed by atoms with van der Waals surface area (Å²) >= 11 is 0. The number of nitrogens with one attached hydrogen (secondary N) is 3. The van der Waals surface area contributed by atoms with Gasteiger partial charge in [-0.2, -0.15) is 0 Å². The first-order chi connectivity index (χ1) is 8.93. The number of rotatable bonds is 6. The number of aromatic nitrogens is 2. The molecule has 19 heavy (non-hydrogen) atoms. The quantitative estimate of drug-likeness (QED) is 0.540. The third-order valence-electron chi connectivity index (χ3n) is 2.86. The summed E-state index contributed by atoms with van der Waals surface area (Å²) in [5.74, 6) is -0.238. The van der Waals surface area contributed by atoms with Gasteiger partial charge >= 0.3 is 5.69 Å². The molecule has 0 radical (unpaired) electrons. The van der Waals surface area contributed by atoms with Gasteiger partial charge in [0.2, 0.25) is 5.91 Å². The largest absolute Gasteiger partial charge is 0.391 e. The van der Waals surface area contributed by atoms with E-state index in [1.807, 2.05) is 6.92 Å². The van der Waals surface area contributed by atoms with E-state index in [9.17, 15) is 19.5 Å². The first-order valence-electron chi connectivity index (χ1n) is 6.20. The molecular formula is C12H19N3O4. The number of aryl methyl sites for hydroxylation is 1. The van der Waals surface area contributed by atoms with Crippen LogP contribution >= 0.6 is 0 Å². The van der Waals surface area contributed by atoms with Gasteiger partial charge in [0.25, 0.3) is 5.56 Å². The molecule has 0 saturated heterocycles. The third kappa shape index (κ3) is 4.70. The van der Waals surface area contributed by atoms with Gasteiger partial charge in [-0.1, -0.05) is 6.92 Å². The normalized spacial score (nSPS) is 12.2. The molecule has 1 aromatic heterocycles. The molecule has 0 fully saturated rings. The lowest BCUT2D eigenvalue weighted by molar-refractivity contribution is -0.121. The monoisotopic (exact) mass is 269 g/mol. The lowest BCUT2D eigenvalue weighted by atomic mass is 10.1. The van der Waals surface area contributed by atoms with E-state index >= 15 is 0 Å². The Bertz CT molecular complexity index is 547. The average molecular weight is 269 g/mol. The standard InChI is InChI=1S/C12H19N3O4/c1-3-8(16)6-13-10(17)5-4-9-7(2)14-12(19)15-11(9)18/h8,16H,3-6H2,1-2H3,(H,13,17)(H2,14,15,18,19). The van der Waals surface area contributed by atoms with Crippen LogP contribution in [0.1, 0.15) is 31.0 Å². The van der Waals surface area contributed by atoms with Crippen molar-refractivity contribution in [3.05, 3.63) is 32.1 Å². The summed E-state index contributed by atoms with van der Waals surface area (Å²) < 4.78 is 0. The summed E-state index contributed by atoms with van der Waals surface area (Å²) in [7, 11) is 0. The molecule has 0 aliphatic rings. The van der Waals surface area contributed by atoms with Crippen molar-refractivity contribution in [2.75, 3.05) is 6.54 Å². The Hall–Kier alpha value is -1.89. The molecule has 0 bridgehead atoms. The van der Waals surface area contributed by atoms with E-state index < -0.39 is 17.4 Å². The molecule has 0 aliphatic carbocycles. The molecule has 4 N–H and O–H groups in total. The second kappa shape index (κ2) is 6.89. The lowest BCUT2D eigenvalue weighted by Crippen LogP contribution is -2.33. The zero-order valence-corrected chi connectivity index (χ0v) is 11.1. The van der Waals surface area contributed by atoms with Crippen LogP contribution < -0.4 is 16.6 Å². The molecule has 106 valence electrons. The fourth-order valence-corrected chi connectivity index (χ4v) is 1.63. The van der Waals surface area contributed by atoms with E-state index in [1.165, 1.54) is 0 Å². The predicted octanol–water partition coefficient (Wildman–Crippen LogP) is -0.809. The second-order valence-corrected chi connectivity index (χ2v) is 4.38. The number of carbonyl (C=O) groups excluding carboxylic acids is 1. The highest BCUT2D eigenvalue weighted by molar-refractivity contribution is 5.76. The fourth-order valence-electron chi connectivity index (χ4n) is 1.63. The third-order valence-corrected chi connectivity index (χ3v) is 2.86. The topological polar surface area (TPSA) is 115 Å². The molecular weight excluding hydrogens is 250 g/mol. The molecule has 7 nitrogen and oxygen atoms in total. The zero-order valence-electron chi connectivity index (χ0n) is 11.1. The summed E-state index contributed by atoms with van der Waals surface area (Å²) in [5, 5.41) is 11.9. The van der Waals surface area contributed by atoms with Gasteiger partial charge in [0, 0.05) is 24.2 Å². The number of carbonyl (C=O) groups is 1. The summed E-state index contributed by atoms with van der Waals surface area (Å²) in [6.07, 6.45) is 0.388. The molecule has 1 amide bonds. The maximum absolute atomic E-state index is 11.5. The molecule has 0 saturated carbocycles. The molecule has 1 heterocycles. The zero-order chi connectivity index (χ0) is 14.4. The number of hydrogen-bond acceptors (Lipinski definition) is 4. The van der Waals surface area contributed by atoms with Gasteiger partial charge < -0.3 is 15.4 Å². The van der Waals surface area contributed by atoms with Crippen LogP contribution in [0.2, 0.25) is 0 Å². The number of aromatic amines is 2. The van der Waals surface area contributed by atoms with Crippen LogP contribution in [0.5, 0.6) is 0 Å². The van der Waals surface area contributed by atoms with Crippen LogP contribution in [-0.2, 0) is 11.2 Å². The van der Waals surface area contributed by atoms with Gasteiger partial charge in [0.15, 0.2) is 0 Å². The fraction of sp³-hybridized carbons (Fsp3) is 0.583. The Morgan fingerprint density at radius 3 is 2.63 bits per heavy atom. The number of H-pyrrole nitrogens is 2. The van der Waals surface area contributed by atoms with E-state index in [4.69, 9.17) is 0 Å². The first-order valence-corrected chi connectivity index (χ1v) is 6.20. The minimum Gasteiger partial charge on any atom is -0.391 e. The Kier molecular flexibility index (Phi) is 5.50. The van der Waals surface area contributed by atoms with E-state index in [0.29, 0.717) is 17.7 Å². The van der Waals surface area contributed by atoms with Gasteiger partial charge in [0.05, 0.1) is 6.10 Å². The van der Waals surface area contributed by atoms with Crippen molar-refractivity contribution in [1.82, 2.24) is 15.3 Å².